The second kappa shape index (κ2) is 8.18. The van der Waals surface area contributed by atoms with Gasteiger partial charge in [-0.2, -0.15) is 5.26 Å². The van der Waals surface area contributed by atoms with Crippen LogP contribution in [0.1, 0.15) is 31.9 Å². The van der Waals surface area contributed by atoms with Gasteiger partial charge in [-0.05, 0) is 71.1 Å². The van der Waals surface area contributed by atoms with Gasteiger partial charge >= 0.3 is 0 Å². The molecule has 7 rings (SSSR count). The van der Waals surface area contributed by atoms with Gasteiger partial charge in [0.1, 0.15) is 22.6 Å². The molecule has 0 saturated heterocycles. The first-order valence-electron chi connectivity index (χ1n) is 12.6. The third kappa shape index (κ3) is 3.48. The summed E-state index contributed by atoms with van der Waals surface area (Å²) < 4.78 is 27.2. The normalized spacial score (nSPS) is 11.9. The Morgan fingerprint density at radius 3 is 2.54 bits per heavy atom. The number of furan rings is 2. The summed E-state index contributed by atoms with van der Waals surface area (Å²) >= 11 is 0. The molecule has 0 aliphatic heterocycles. The second-order valence-electron chi connectivity index (χ2n) is 10.7. The topological polar surface area (TPSA) is 63.0 Å². The third-order valence-corrected chi connectivity index (χ3v) is 7.26. The lowest BCUT2D eigenvalue weighted by Crippen LogP contribution is -2.14. The summed E-state index contributed by atoms with van der Waals surface area (Å²) in [7, 11) is 0. The first kappa shape index (κ1) is 23.0. The van der Waals surface area contributed by atoms with Crippen LogP contribution in [0.2, 0.25) is 0 Å². The highest BCUT2D eigenvalue weighted by Crippen LogP contribution is 2.42. The number of nitrogens with zero attached hydrogens (tertiary/aromatic N) is 2. The third-order valence-electron chi connectivity index (χ3n) is 7.26. The quantitative estimate of drug-likeness (QED) is 0.234. The van der Waals surface area contributed by atoms with Gasteiger partial charge in [0.05, 0.1) is 23.5 Å². The average Bonchev–Trinajstić information content (AvgIpc) is 3.50. The van der Waals surface area contributed by atoms with Crippen LogP contribution in [0.25, 0.3) is 66.3 Å². The molecule has 5 heteroatoms. The van der Waals surface area contributed by atoms with Crippen LogP contribution in [0.5, 0.6) is 0 Å². The van der Waals surface area contributed by atoms with Gasteiger partial charge in [-0.1, -0.05) is 45.0 Å². The molecule has 0 atom stereocenters. The Balaban J connectivity index is 1.49. The van der Waals surface area contributed by atoms with Crippen molar-refractivity contribution in [2.45, 2.75) is 26.2 Å². The van der Waals surface area contributed by atoms with E-state index in [0.717, 1.165) is 32.7 Å². The Hall–Kier alpha value is -5.13. The maximum absolute atomic E-state index is 14.6. The molecule has 4 aromatic carbocycles. The van der Waals surface area contributed by atoms with E-state index in [9.17, 15) is 9.65 Å². The van der Waals surface area contributed by atoms with Crippen LogP contribution < -0.4 is 0 Å². The molecule has 0 bridgehead atoms. The molecule has 0 amide bonds. The van der Waals surface area contributed by atoms with Gasteiger partial charge in [-0.15, -0.1) is 0 Å². The number of rotatable bonds is 2. The second-order valence-corrected chi connectivity index (χ2v) is 10.7. The maximum atomic E-state index is 14.6. The summed E-state index contributed by atoms with van der Waals surface area (Å²) in [5.41, 5.74) is 6.16. The van der Waals surface area contributed by atoms with Crippen LogP contribution in [0.15, 0.2) is 81.8 Å². The summed E-state index contributed by atoms with van der Waals surface area (Å²) in [5.74, 6) is -0.333. The molecule has 4 nitrogen and oxygen atoms in total. The molecule has 186 valence electrons. The van der Waals surface area contributed by atoms with E-state index in [4.69, 9.17) is 8.83 Å². The number of para-hydroxylation sites is 1. The van der Waals surface area contributed by atoms with Gasteiger partial charge in [-0.3, -0.25) is 4.98 Å². The molecule has 0 fully saturated rings. The van der Waals surface area contributed by atoms with E-state index in [1.807, 2.05) is 81.4 Å². The SMILES string of the molecule is CC(C)(C)c1cc(-c2cccc3c2oc2c(-c4ccc5c(c4)oc4c#cccc45)c(C#N)ccc23)ncc1F. The smallest absolute Gasteiger partial charge is 0.185 e. The van der Waals surface area contributed by atoms with Crippen molar-refractivity contribution < 1.29 is 13.2 Å². The van der Waals surface area contributed by atoms with Gasteiger partial charge in [-0.25, -0.2) is 4.39 Å². The summed E-state index contributed by atoms with van der Waals surface area (Å²) in [6.07, 6.45) is 1.27. The van der Waals surface area contributed by atoms with Gasteiger partial charge in [0.15, 0.2) is 5.58 Å². The predicted molar refractivity (Wildman–Crippen MR) is 151 cm³/mol. The van der Waals surface area contributed by atoms with Crippen LogP contribution >= 0.6 is 0 Å². The zero-order valence-corrected chi connectivity index (χ0v) is 21.5. The summed E-state index contributed by atoms with van der Waals surface area (Å²) in [6, 6.07) is 29.3. The van der Waals surface area contributed by atoms with E-state index < -0.39 is 0 Å². The number of nitriles is 1. The lowest BCUT2D eigenvalue weighted by molar-refractivity contribution is 0.519. The van der Waals surface area contributed by atoms with E-state index >= 15 is 0 Å². The molecule has 0 saturated carbocycles. The van der Waals surface area contributed by atoms with Gasteiger partial charge in [0, 0.05) is 32.7 Å². The fraction of sp³-hybridized carbons (Fsp3) is 0.118. The first-order chi connectivity index (χ1) is 18.8. The van der Waals surface area contributed by atoms with Crippen molar-refractivity contribution in [3.8, 4) is 28.5 Å². The van der Waals surface area contributed by atoms with Crippen LogP contribution in [0.3, 0.4) is 0 Å². The van der Waals surface area contributed by atoms with Crippen molar-refractivity contribution in [1.29, 1.82) is 5.26 Å². The summed E-state index contributed by atoms with van der Waals surface area (Å²) in [5, 5.41) is 13.7. The Labute approximate surface area is 223 Å². The molecule has 39 heavy (non-hydrogen) atoms. The predicted octanol–water partition coefficient (Wildman–Crippen LogP) is 9.12. The highest BCUT2D eigenvalue weighted by Gasteiger charge is 2.23. The minimum Gasteiger partial charge on any atom is -0.455 e. The number of pyridine rings is 1. The standard InChI is InChI=1S/C34H21FN2O2/c1-34(2,3)26-16-28(37-18-27(26)35)25-9-6-8-23-24-14-12-20(17-36)31(33(24)39-32(23)25)19-11-13-22-21-7-4-5-10-29(21)38-30(22)15-19/h4,6-9,11-16,18H,1-3H3. The Bertz CT molecular complexity index is 2140. The number of aromatic nitrogens is 1. The summed E-state index contributed by atoms with van der Waals surface area (Å²) in [4.78, 5) is 4.41. The van der Waals surface area contributed by atoms with E-state index in [0.29, 0.717) is 44.7 Å². The molecule has 0 spiro atoms. The highest BCUT2D eigenvalue weighted by molar-refractivity contribution is 6.14. The van der Waals surface area contributed by atoms with Gasteiger partial charge < -0.3 is 8.83 Å². The maximum Gasteiger partial charge on any atom is 0.185 e. The lowest BCUT2D eigenvalue weighted by atomic mass is 9.86. The summed E-state index contributed by atoms with van der Waals surface area (Å²) in [6.45, 7) is 5.92. The molecule has 0 radical (unpaired) electrons. The van der Waals surface area contributed by atoms with E-state index in [1.165, 1.54) is 6.20 Å². The number of hydrogen-bond acceptors (Lipinski definition) is 4. The highest BCUT2D eigenvalue weighted by atomic mass is 19.1. The van der Waals surface area contributed by atoms with Crippen molar-refractivity contribution in [2.75, 3.05) is 0 Å². The molecule has 0 unspecified atom stereocenters. The van der Waals surface area contributed by atoms with Crippen molar-refractivity contribution in [2.24, 2.45) is 0 Å². The van der Waals surface area contributed by atoms with Crippen LogP contribution in [0, 0.1) is 29.3 Å². The van der Waals surface area contributed by atoms with Gasteiger partial charge in [0.2, 0.25) is 0 Å². The van der Waals surface area contributed by atoms with Crippen molar-refractivity contribution in [3.63, 3.8) is 0 Å². The van der Waals surface area contributed by atoms with Crippen LogP contribution in [0.4, 0.5) is 4.39 Å². The number of benzene rings is 3. The average molecular weight is 509 g/mol. The Morgan fingerprint density at radius 1 is 0.897 bits per heavy atom. The van der Waals surface area contributed by atoms with Crippen molar-refractivity contribution in [3.05, 3.63) is 102 Å². The number of fused-ring (bicyclic) bond motifs is 6. The van der Waals surface area contributed by atoms with Crippen molar-refractivity contribution in [1.82, 2.24) is 4.98 Å². The van der Waals surface area contributed by atoms with Gasteiger partial charge in [0.25, 0.3) is 0 Å². The fourth-order valence-electron chi connectivity index (χ4n) is 5.37. The van der Waals surface area contributed by atoms with E-state index in [-0.39, 0.29) is 11.2 Å². The Morgan fingerprint density at radius 2 is 1.72 bits per heavy atom. The molecule has 7 aromatic rings. The minimum atomic E-state index is -0.385. The molecule has 3 heterocycles. The molecular formula is C34H21FN2O2. The fourth-order valence-corrected chi connectivity index (χ4v) is 5.37. The lowest BCUT2D eigenvalue weighted by Gasteiger charge is -2.20. The molecule has 0 aliphatic carbocycles. The molecular weight excluding hydrogens is 487 g/mol. The number of hydrogen-bond donors (Lipinski definition) is 0. The molecule has 0 N–H and O–H groups in total. The molecule has 3 aromatic heterocycles. The van der Waals surface area contributed by atoms with Crippen LogP contribution in [-0.4, -0.2) is 4.98 Å². The van der Waals surface area contributed by atoms with Crippen LogP contribution in [-0.2, 0) is 5.41 Å². The monoisotopic (exact) mass is 508 g/mol. The molecule has 0 aliphatic rings. The zero-order valence-electron chi connectivity index (χ0n) is 21.5. The number of halogens is 1. The Kier molecular flexibility index (Phi) is 4.83. The zero-order chi connectivity index (χ0) is 26.9. The largest absolute Gasteiger partial charge is 0.455 e. The first-order valence-corrected chi connectivity index (χ1v) is 12.6. The van der Waals surface area contributed by atoms with E-state index in [1.54, 1.807) is 6.07 Å². The van der Waals surface area contributed by atoms with E-state index in [2.05, 4.69) is 23.2 Å². The van der Waals surface area contributed by atoms with Crippen molar-refractivity contribution >= 4 is 43.9 Å². The minimum absolute atomic E-state index is 0.333.